The standard InChI is InChI=1S/C14H17N3O2/c1-10(8-12-4-3-7-19-12)17-14(18)11-5-6-13(15-2)16-9-11/h3-7,9-10H,8H2,1-2H3,(H,15,16)(H,17,18). The summed E-state index contributed by atoms with van der Waals surface area (Å²) in [6.45, 7) is 1.94. The lowest BCUT2D eigenvalue weighted by Gasteiger charge is -2.12. The van der Waals surface area contributed by atoms with E-state index < -0.39 is 0 Å². The van der Waals surface area contributed by atoms with E-state index in [1.54, 1.807) is 31.6 Å². The first-order chi connectivity index (χ1) is 9.19. The molecule has 2 rings (SSSR count). The van der Waals surface area contributed by atoms with Gasteiger partial charge in [-0.2, -0.15) is 0 Å². The summed E-state index contributed by atoms with van der Waals surface area (Å²) >= 11 is 0. The summed E-state index contributed by atoms with van der Waals surface area (Å²) in [5.41, 5.74) is 0.547. The van der Waals surface area contributed by atoms with Crippen LogP contribution in [0.1, 0.15) is 23.0 Å². The van der Waals surface area contributed by atoms with Crippen molar-refractivity contribution < 1.29 is 9.21 Å². The van der Waals surface area contributed by atoms with Crippen LogP contribution in [0, 0.1) is 0 Å². The second-order valence-corrected chi connectivity index (χ2v) is 4.34. The van der Waals surface area contributed by atoms with Crippen molar-refractivity contribution in [3.05, 3.63) is 48.0 Å². The topological polar surface area (TPSA) is 67.2 Å². The molecule has 0 aromatic carbocycles. The predicted molar refractivity (Wildman–Crippen MR) is 73.1 cm³/mol. The number of hydrogen-bond donors (Lipinski definition) is 2. The normalized spacial score (nSPS) is 11.9. The molecule has 2 aromatic rings. The number of carbonyl (C=O) groups excluding carboxylic acids is 1. The number of nitrogens with zero attached hydrogens (tertiary/aromatic N) is 1. The van der Waals surface area contributed by atoms with Crippen molar-refractivity contribution in [2.24, 2.45) is 0 Å². The molecule has 0 bridgehead atoms. The largest absolute Gasteiger partial charge is 0.469 e. The number of hydrogen-bond acceptors (Lipinski definition) is 4. The Labute approximate surface area is 112 Å². The average molecular weight is 259 g/mol. The fourth-order valence-corrected chi connectivity index (χ4v) is 1.76. The fraction of sp³-hybridized carbons (Fsp3) is 0.286. The fourth-order valence-electron chi connectivity index (χ4n) is 1.76. The minimum atomic E-state index is -0.130. The van der Waals surface area contributed by atoms with Crippen LogP contribution in [0.4, 0.5) is 5.82 Å². The second-order valence-electron chi connectivity index (χ2n) is 4.34. The Balaban J connectivity index is 1.92. The van der Waals surface area contributed by atoms with Gasteiger partial charge in [-0.15, -0.1) is 0 Å². The molecule has 2 N–H and O–H groups in total. The highest BCUT2D eigenvalue weighted by molar-refractivity contribution is 5.94. The van der Waals surface area contributed by atoms with Gasteiger partial charge in [0.05, 0.1) is 11.8 Å². The van der Waals surface area contributed by atoms with Gasteiger partial charge in [-0.05, 0) is 31.2 Å². The summed E-state index contributed by atoms with van der Waals surface area (Å²) in [6, 6.07) is 7.25. The Bertz CT molecular complexity index is 520. The van der Waals surface area contributed by atoms with Crippen molar-refractivity contribution in [3.8, 4) is 0 Å². The molecule has 0 aliphatic carbocycles. The zero-order valence-electron chi connectivity index (χ0n) is 11.0. The van der Waals surface area contributed by atoms with Crippen molar-refractivity contribution in [1.29, 1.82) is 0 Å². The number of pyridine rings is 1. The van der Waals surface area contributed by atoms with Crippen LogP contribution in [0.25, 0.3) is 0 Å². The Kier molecular flexibility index (Phi) is 4.18. The predicted octanol–water partition coefficient (Wildman–Crippen LogP) is 2.08. The Morgan fingerprint density at radius 1 is 1.42 bits per heavy atom. The van der Waals surface area contributed by atoms with Crippen LogP contribution in [0.5, 0.6) is 0 Å². The maximum absolute atomic E-state index is 12.0. The van der Waals surface area contributed by atoms with E-state index in [-0.39, 0.29) is 11.9 Å². The minimum Gasteiger partial charge on any atom is -0.469 e. The lowest BCUT2D eigenvalue weighted by atomic mass is 10.2. The van der Waals surface area contributed by atoms with Crippen LogP contribution in [0.3, 0.4) is 0 Å². The molecule has 5 heteroatoms. The monoisotopic (exact) mass is 259 g/mol. The van der Waals surface area contributed by atoms with Gasteiger partial charge in [-0.25, -0.2) is 4.98 Å². The smallest absolute Gasteiger partial charge is 0.253 e. The summed E-state index contributed by atoms with van der Waals surface area (Å²) in [4.78, 5) is 16.1. The molecule has 0 saturated heterocycles. The quantitative estimate of drug-likeness (QED) is 0.862. The first-order valence-corrected chi connectivity index (χ1v) is 6.16. The molecular weight excluding hydrogens is 242 g/mol. The van der Waals surface area contributed by atoms with E-state index >= 15 is 0 Å². The van der Waals surface area contributed by atoms with Crippen LogP contribution in [0.2, 0.25) is 0 Å². The highest BCUT2D eigenvalue weighted by Gasteiger charge is 2.11. The van der Waals surface area contributed by atoms with Gasteiger partial charge in [0.25, 0.3) is 5.91 Å². The van der Waals surface area contributed by atoms with Gasteiger partial charge in [0.1, 0.15) is 11.6 Å². The van der Waals surface area contributed by atoms with Crippen LogP contribution in [-0.4, -0.2) is 24.0 Å². The molecule has 1 amide bonds. The minimum absolute atomic E-state index is 0.00243. The molecule has 0 radical (unpaired) electrons. The number of aromatic nitrogens is 1. The van der Waals surface area contributed by atoms with Crippen molar-refractivity contribution in [1.82, 2.24) is 10.3 Å². The number of anilines is 1. The van der Waals surface area contributed by atoms with Crippen molar-refractivity contribution >= 4 is 11.7 Å². The van der Waals surface area contributed by atoms with E-state index in [4.69, 9.17) is 4.42 Å². The first kappa shape index (κ1) is 13.1. The Morgan fingerprint density at radius 2 is 2.26 bits per heavy atom. The highest BCUT2D eigenvalue weighted by atomic mass is 16.3. The molecule has 19 heavy (non-hydrogen) atoms. The molecule has 100 valence electrons. The zero-order chi connectivity index (χ0) is 13.7. The summed E-state index contributed by atoms with van der Waals surface area (Å²) in [5, 5.41) is 5.82. The molecule has 2 heterocycles. The summed E-state index contributed by atoms with van der Waals surface area (Å²) in [5.74, 6) is 1.46. The van der Waals surface area contributed by atoms with Crippen LogP contribution >= 0.6 is 0 Å². The molecule has 0 fully saturated rings. The van der Waals surface area contributed by atoms with E-state index in [0.29, 0.717) is 12.0 Å². The third kappa shape index (κ3) is 3.58. The SMILES string of the molecule is CNc1ccc(C(=O)NC(C)Cc2ccco2)cn1. The van der Waals surface area contributed by atoms with Gasteiger partial charge >= 0.3 is 0 Å². The third-order valence-corrected chi connectivity index (χ3v) is 2.75. The van der Waals surface area contributed by atoms with E-state index in [9.17, 15) is 4.79 Å². The van der Waals surface area contributed by atoms with Crippen LogP contribution in [-0.2, 0) is 6.42 Å². The first-order valence-electron chi connectivity index (χ1n) is 6.16. The maximum Gasteiger partial charge on any atom is 0.253 e. The zero-order valence-corrected chi connectivity index (χ0v) is 11.0. The van der Waals surface area contributed by atoms with E-state index in [2.05, 4.69) is 15.6 Å². The highest BCUT2D eigenvalue weighted by Crippen LogP contribution is 2.07. The van der Waals surface area contributed by atoms with E-state index in [0.717, 1.165) is 11.6 Å². The van der Waals surface area contributed by atoms with Gasteiger partial charge in [-0.3, -0.25) is 4.79 Å². The summed E-state index contributed by atoms with van der Waals surface area (Å²) in [7, 11) is 1.79. The molecule has 0 saturated carbocycles. The lowest BCUT2D eigenvalue weighted by molar-refractivity contribution is 0.0939. The third-order valence-electron chi connectivity index (χ3n) is 2.75. The number of furan rings is 1. The Morgan fingerprint density at radius 3 is 2.84 bits per heavy atom. The number of carbonyl (C=O) groups is 1. The Hall–Kier alpha value is -2.30. The van der Waals surface area contributed by atoms with Gasteiger partial charge in [0.2, 0.25) is 0 Å². The van der Waals surface area contributed by atoms with E-state index in [1.165, 1.54) is 0 Å². The average Bonchev–Trinajstić information content (AvgIpc) is 2.91. The number of rotatable bonds is 5. The van der Waals surface area contributed by atoms with Crippen molar-refractivity contribution in [2.45, 2.75) is 19.4 Å². The summed E-state index contributed by atoms with van der Waals surface area (Å²) < 4.78 is 5.25. The van der Waals surface area contributed by atoms with Gasteiger partial charge in [0, 0.05) is 25.7 Å². The molecule has 1 atom stereocenters. The van der Waals surface area contributed by atoms with Crippen molar-refractivity contribution in [3.63, 3.8) is 0 Å². The molecule has 2 aromatic heterocycles. The van der Waals surface area contributed by atoms with Crippen LogP contribution < -0.4 is 10.6 Å². The molecule has 0 aliphatic heterocycles. The second kappa shape index (κ2) is 6.04. The van der Waals surface area contributed by atoms with Gasteiger partial charge in [0.15, 0.2) is 0 Å². The van der Waals surface area contributed by atoms with Crippen molar-refractivity contribution in [2.75, 3.05) is 12.4 Å². The lowest BCUT2D eigenvalue weighted by Crippen LogP contribution is -2.34. The van der Waals surface area contributed by atoms with E-state index in [1.807, 2.05) is 19.1 Å². The molecule has 0 spiro atoms. The molecular formula is C14H17N3O2. The number of nitrogens with one attached hydrogen (secondary N) is 2. The molecule has 5 nitrogen and oxygen atoms in total. The number of amides is 1. The maximum atomic E-state index is 12.0. The molecule has 0 aliphatic rings. The van der Waals surface area contributed by atoms with Crippen LogP contribution in [0.15, 0.2) is 41.1 Å². The molecule has 1 unspecified atom stereocenters. The van der Waals surface area contributed by atoms with Gasteiger partial charge in [-0.1, -0.05) is 0 Å². The van der Waals surface area contributed by atoms with Gasteiger partial charge < -0.3 is 15.1 Å². The summed E-state index contributed by atoms with van der Waals surface area (Å²) in [6.07, 6.45) is 3.85.